The first kappa shape index (κ1) is 12.9. The smallest absolute Gasteiger partial charge is 0.124 e. The molecule has 1 aromatic carbocycles. The van der Waals surface area contributed by atoms with E-state index in [-0.39, 0.29) is 0 Å². The fourth-order valence-electron chi connectivity index (χ4n) is 3.26. The molecular formula is C16H23NO2. The van der Waals surface area contributed by atoms with Crippen molar-refractivity contribution in [1.29, 1.82) is 0 Å². The maximum absolute atomic E-state index is 10.4. The molecule has 3 nitrogen and oxygen atoms in total. The number of para-hydroxylation sites is 1. The van der Waals surface area contributed by atoms with Gasteiger partial charge < -0.3 is 15.2 Å². The van der Waals surface area contributed by atoms with E-state index in [2.05, 4.69) is 17.4 Å². The third-order valence-electron chi connectivity index (χ3n) is 4.40. The molecule has 0 saturated heterocycles. The lowest BCUT2D eigenvalue weighted by Crippen LogP contribution is -2.39. The summed E-state index contributed by atoms with van der Waals surface area (Å²) in [5.41, 5.74) is 0.754. The number of hydrogen-bond donors (Lipinski definition) is 2. The molecule has 19 heavy (non-hydrogen) atoms. The van der Waals surface area contributed by atoms with Gasteiger partial charge in [0.25, 0.3) is 0 Å². The summed E-state index contributed by atoms with van der Waals surface area (Å²) in [6.45, 7) is 1.49. The fourth-order valence-corrected chi connectivity index (χ4v) is 3.26. The van der Waals surface area contributed by atoms with Crippen LogP contribution in [-0.4, -0.2) is 23.9 Å². The lowest BCUT2D eigenvalue weighted by molar-refractivity contribution is 0.0445. The number of ether oxygens (including phenoxy) is 1. The maximum atomic E-state index is 10.4. The molecule has 1 fully saturated rings. The molecule has 104 valence electrons. The highest BCUT2D eigenvalue weighted by atomic mass is 16.5. The topological polar surface area (TPSA) is 41.5 Å². The monoisotopic (exact) mass is 261 g/mol. The van der Waals surface area contributed by atoms with E-state index >= 15 is 0 Å². The molecule has 1 heterocycles. The number of aliphatic hydroxyl groups is 1. The van der Waals surface area contributed by atoms with Gasteiger partial charge in [-0.3, -0.25) is 0 Å². The van der Waals surface area contributed by atoms with Gasteiger partial charge in [-0.05, 0) is 31.7 Å². The van der Waals surface area contributed by atoms with Gasteiger partial charge in [0.2, 0.25) is 0 Å². The van der Waals surface area contributed by atoms with E-state index in [4.69, 9.17) is 4.74 Å². The van der Waals surface area contributed by atoms with Crippen molar-refractivity contribution < 1.29 is 9.84 Å². The van der Waals surface area contributed by atoms with Crippen molar-refractivity contribution in [2.45, 2.75) is 50.2 Å². The molecule has 2 N–H and O–H groups in total. The summed E-state index contributed by atoms with van der Waals surface area (Å²) in [6, 6.07) is 8.57. The Morgan fingerprint density at radius 3 is 2.84 bits per heavy atom. The molecule has 1 saturated carbocycles. The highest BCUT2D eigenvalue weighted by molar-refractivity contribution is 5.36. The number of nitrogens with one attached hydrogen (secondary N) is 1. The van der Waals surface area contributed by atoms with E-state index in [1.807, 2.05) is 12.1 Å². The number of fused-ring (bicyclic) bond motifs is 1. The van der Waals surface area contributed by atoms with Crippen LogP contribution in [0.15, 0.2) is 24.3 Å². The van der Waals surface area contributed by atoms with E-state index in [1.165, 1.54) is 5.56 Å². The van der Waals surface area contributed by atoms with Crippen LogP contribution in [0.5, 0.6) is 5.75 Å². The summed E-state index contributed by atoms with van der Waals surface area (Å²) >= 11 is 0. The van der Waals surface area contributed by atoms with Gasteiger partial charge in [0.15, 0.2) is 0 Å². The van der Waals surface area contributed by atoms with Crippen LogP contribution in [0.25, 0.3) is 0 Å². The van der Waals surface area contributed by atoms with Gasteiger partial charge in [-0.15, -0.1) is 0 Å². The minimum atomic E-state index is -0.484. The van der Waals surface area contributed by atoms with Crippen LogP contribution in [0, 0.1) is 0 Å². The largest absolute Gasteiger partial charge is 0.493 e. The van der Waals surface area contributed by atoms with E-state index in [0.717, 1.165) is 50.9 Å². The molecule has 3 rings (SSSR count). The first-order chi connectivity index (χ1) is 9.27. The maximum Gasteiger partial charge on any atom is 0.124 e. The Bertz CT molecular complexity index is 427. The standard InChI is InChI=1S/C16H23NO2/c18-16(9-3-4-10-16)12-17-14-7-5-11-19-15-8-2-1-6-13(14)15/h1-2,6,8,14,17-18H,3-5,7,9-12H2. The van der Waals surface area contributed by atoms with Crippen molar-refractivity contribution in [3.05, 3.63) is 29.8 Å². The van der Waals surface area contributed by atoms with Gasteiger partial charge in [0.05, 0.1) is 12.2 Å². The van der Waals surface area contributed by atoms with Gasteiger partial charge in [-0.1, -0.05) is 31.0 Å². The van der Waals surface area contributed by atoms with Gasteiger partial charge >= 0.3 is 0 Å². The Kier molecular flexibility index (Phi) is 3.76. The Labute approximate surface area is 115 Å². The lowest BCUT2D eigenvalue weighted by Gasteiger charge is -2.26. The summed E-state index contributed by atoms with van der Waals surface area (Å²) in [5, 5.41) is 14.0. The van der Waals surface area contributed by atoms with Crippen molar-refractivity contribution in [1.82, 2.24) is 5.32 Å². The van der Waals surface area contributed by atoms with Crippen molar-refractivity contribution in [3.63, 3.8) is 0 Å². The summed E-state index contributed by atoms with van der Waals surface area (Å²) in [7, 11) is 0. The zero-order valence-electron chi connectivity index (χ0n) is 11.4. The van der Waals surface area contributed by atoms with Crippen molar-refractivity contribution >= 4 is 0 Å². The Balaban J connectivity index is 1.70. The van der Waals surface area contributed by atoms with Crippen LogP contribution in [0.2, 0.25) is 0 Å². The number of benzene rings is 1. The molecular weight excluding hydrogens is 238 g/mol. The van der Waals surface area contributed by atoms with Gasteiger partial charge in [0.1, 0.15) is 5.75 Å². The number of hydrogen-bond acceptors (Lipinski definition) is 3. The Morgan fingerprint density at radius 2 is 2.00 bits per heavy atom. The zero-order valence-corrected chi connectivity index (χ0v) is 11.4. The van der Waals surface area contributed by atoms with Crippen LogP contribution in [0.3, 0.4) is 0 Å². The molecule has 0 aromatic heterocycles. The van der Waals surface area contributed by atoms with Crippen molar-refractivity contribution in [3.8, 4) is 5.75 Å². The normalized spacial score (nSPS) is 25.4. The molecule has 3 heteroatoms. The predicted molar refractivity (Wildman–Crippen MR) is 75.3 cm³/mol. The summed E-state index contributed by atoms with van der Waals surface area (Å²) < 4.78 is 5.77. The Hall–Kier alpha value is -1.06. The molecule has 1 aliphatic carbocycles. The minimum Gasteiger partial charge on any atom is -0.493 e. The second-order valence-corrected chi connectivity index (χ2v) is 5.89. The molecule has 1 aromatic rings. The zero-order chi connectivity index (χ0) is 13.1. The minimum absolute atomic E-state index is 0.309. The first-order valence-electron chi connectivity index (χ1n) is 7.44. The third-order valence-corrected chi connectivity index (χ3v) is 4.40. The highest BCUT2D eigenvalue weighted by Gasteiger charge is 2.32. The van der Waals surface area contributed by atoms with E-state index < -0.39 is 5.60 Å². The van der Waals surface area contributed by atoms with Gasteiger partial charge in [-0.2, -0.15) is 0 Å². The van der Waals surface area contributed by atoms with E-state index in [1.54, 1.807) is 0 Å². The van der Waals surface area contributed by atoms with Crippen LogP contribution in [-0.2, 0) is 0 Å². The summed E-state index contributed by atoms with van der Waals surface area (Å²) in [4.78, 5) is 0. The fraction of sp³-hybridized carbons (Fsp3) is 0.625. The average molecular weight is 261 g/mol. The first-order valence-corrected chi connectivity index (χ1v) is 7.44. The predicted octanol–water partition coefficient (Wildman–Crippen LogP) is 2.80. The third kappa shape index (κ3) is 2.93. The molecule has 0 radical (unpaired) electrons. The second kappa shape index (κ2) is 5.51. The van der Waals surface area contributed by atoms with Crippen LogP contribution in [0.1, 0.15) is 50.1 Å². The highest BCUT2D eigenvalue weighted by Crippen LogP contribution is 2.33. The van der Waals surface area contributed by atoms with Crippen molar-refractivity contribution in [2.75, 3.05) is 13.2 Å². The molecule has 1 atom stereocenters. The van der Waals surface area contributed by atoms with Crippen LogP contribution < -0.4 is 10.1 Å². The Morgan fingerprint density at radius 1 is 1.21 bits per heavy atom. The summed E-state index contributed by atoms with van der Waals surface area (Å²) in [5.74, 6) is 0.996. The molecule has 0 amide bonds. The average Bonchev–Trinajstić information content (AvgIpc) is 2.75. The van der Waals surface area contributed by atoms with Crippen LogP contribution >= 0.6 is 0 Å². The van der Waals surface area contributed by atoms with Crippen molar-refractivity contribution in [2.24, 2.45) is 0 Å². The quantitative estimate of drug-likeness (QED) is 0.879. The molecule has 0 spiro atoms. The van der Waals surface area contributed by atoms with Crippen LogP contribution in [0.4, 0.5) is 0 Å². The van der Waals surface area contributed by atoms with E-state index in [0.29, 0.717) is 12.6 Å². The summed E-state index contributed by atoms with van der Waals surface area (Å²) in [6.07, 6.45) is 6.32. The SMILES string of the molecule is OC1(CNC2CCCOc3ccccc32)CCCC1. The molecule has 1 aliphatic heterocycles. The number of rotatable bonds is 3. The molecule has 1 unspecified atom stereocenters. The molecule has 2 aliphatic rings. The van der Waals surface area contributed by atoms with Gasteiger partial charge in [0, 0.05) is 18.2 Å². The second-order valence-electron chi connectivity index (χ2n) is 5.89. The molecule has 0 bridgehead atoms. The lowest BCUT2D eigenvalue weighted by atomic mass is 9.98. The van der Waals surface area contributed by atoms with E-state index in [9.17, 15) is 5.11 Å². The van der Waals surface area contributed by atoms with Gasteiger partial charge in [-0.25, -0.2) is 0 Å².